The number of anilines is 1. The van der Waals surface area contributed by atoms with Crippen molar-refractivity contribution >= 4 is 11.7 Å². The number of hydrogen-bond acceptors (Lipinski definition) is 3. The average molecular weight is 203 g/mol. The van der Waals surface area contributed by atoms with Gasteiger partial charge < -0.3 is 10.6 Å². The van der Waals surface area contributed by atoms with Gasteiger partial charge in [-0.2, -0.15) is 0 Å². The summed E-state index contributed by atoms with van der Waals surface area (Å²) in [6, 6.07) is 3.91. The molecule has 2 N–H and O–H groups in total. The fourth-order valence-corrected chi connectivity index (χ4v) is 2.57. The van der Waals surface area contributed by atoms with E-state index in [1.165, 1.54) is 0 Å². The Bertz CT molecular complexity index is 410. The molecule has 2 aliphatic rings. The highest BCUT2D eigenvalue weighted by atomic mass is 16.2. The molecule has 78 valence electrons. The number of amides is 1. The van der Waals surface area contributed by atoms with Gasteiger partial charge in [0.1, 0.15) is 5.82 Å². The SMILES string of the molecule is O=C1Nc2ncccc2C12CCCNC2. The molecule has 0 aliphatic carbocycles. The summed E-state index contributed by atoms with van der Waals surface area (Å²) >= 11 is 0. The normalized spacial score (nSPS) is 28.9. The van der Waals surface area contributed by atoms with Gasteiger partial charge in [-0.3, -0.25) is 4.79 Å². The fraction of sp³-hybridized carbons (Fsp3) is 0.455. The summed E-state index contributed by atoms with van der Waals surface area (Å²) in [7, 11) is 0. The molecule has 0 radical (unpaired) electrons. The molecule has 4 heteroatoms. The van der Waals surface area contributed by atoms with Gasteiger partial charge in [0.25, 0.3) is 0 Å². The van der Waals surface area contributed by atoms with Crippen LogP contribution in [0.4, 0.5) is 5.82 Å². The lowest BCUT2D eigenvalue weighted by molar-refractivity contribution is -0.121. The van der Waals surface area contributed by atoms with Crippen molar-refractivity contribution in [3.05, 3.63) is 23.9 Å². The molecular weight excluding hydrogens is 190 g/mol. The molecule has 1 fully saturated rings. The monoisotopic (exact) mass is 203 g/mol. The molecule has 2 aliphatic heterocycles. The maximum Gasteiger partial charge on any atom is 0.237 e. The van der Waals surface area contributed by atoms with Crippen molar-refractivity contribution in [3.8, 4) is 0 Å². The third-order valence-electron chi connectivity index (χ3n) is 3.37. The summed E-state index contributed by atoms with van der Waals surface area (Å²) in [4.78, 5) is 16.2. The topological polar surface area (TPSA) is 54.0 Å². The molecule has 1 spiro atoms. The molecule has 3 rings (SSSR count). The molecule has 1 aromatic heterocycles. The summed E-state index contributed by atoms with van der Waals surface area (Å²) in [6.45, 7) is 1.74. The van der Waals surface area contributed by atoms with E-state index in [0.717, 1.165) is 37.3 Å². The van der Waals surface area contributed by atoms with Crippen LogP contribution in [0.25, 0.3) is 0 Å². The highest BCUT2D eigenvalue weighted by Gasteiger charge is 2.47. The first-order valence-corrected chi connectivity index (χ1v) is 5.31. The first-order chi connectivity index (χ1) is 7.33. The molecule has 0 bridgehead atoms. The second-order valence-corrected chi connectivity index (χ2v) is 4.22. The van der Waals surface area contributed by atoms with Gasteiger partial charge in [0.2, 0.25) is 5.91 Å². The predicted octanol–water partition coefficient (Wildman–Crippen LogP) is 0.655. The summed E-state index contributed by atoms with van der Waals surface area (Å²) in [5, 5.41) is 6.17. The third kappa shape index (κ3) is 1.11. The average Bonchev–Trinajstić information content (AvgIpc) is 2.55. The number of piperidine rings is 1. The van der Waals surface area contributed by atoms with Crippen molar-refractivity contribution in [2.45, 2.75) is 18.3 Å². The van der Waals surface area contributed by atoms with E-state index in [1.54, 1.807) is 6.20 Å². The number of fused-ring (bicyclic) bond motifs is 2. The smallest absolute Gasteiger partial charge is 0.237 e. The lowest BCUT2D eigenvalue weighted by atomic mass is 9.76. The quantitative estimate of drug-likeness (QED) is 0.651. The van der Waals surface area contributed by atoms with E-state index in [0.29, 0.717) is 0 Å². The van der Waals surface area contributed by atoms with Crippen molar-refractivity contribution in [3.63, 3.8) is 0 Å². The zero-order chi connectivity index (χ0) is 10.3. The highest BCUT2D eigenvalue weighted by Crippen LogP contribution is 2.40. The van der Waals surface area contributed by atoms with Gasteiger partial charge in [0, 0.05) is 18.3 Å². The lowest BCUT2D eigenvalue weighted by Gasteiger charge is -2.31. The van der Waals surface area contributed by atoms with Crippen molar-refractivity contribution in [2.24, 2.45) is 0 Å². The van der Waals surface area contributed by atoms with Gasteiger partial charge in [-0.15, -0.1) is 0 Å². The maximum absolute atomic E-state index is 12.0. The fourth-order valence-electron chi connectivity index (χ4n) is 2.57. The summed E-state index contributed by atoms with van der Waals surface area (Å²) in [5.74, 6) is 0.842. The summed E-state index contributed by atoms with van der Waals surface area (Å²) in [5.41, 5.74) is 0.698. The molecule has 1 saturated heterocycles. The molecule has 1 atom stereocenters. The molecule has 4 nitrogen and oxygen atoms in total. The Morgan fingerprint density at radius 1 is 1.47 bits per heavy atom. The van der Waals surface area contributed by atoms with E-state index < -0.39 is 0 Å². The van der Waals surface area contributed by atoms with Crippen molar-refractivity contribution < 1.29 is 4.79 Å². The second kappa shape index (κ2) is 3.03. The van der Waals surface area contributed by atoms with Gasteiger partial charge >= 0.3 is 0 Å². The van der Waals surface area contributed by atoms with Crippen molar-refractivity contribution in [1.29, 1.82) is 0 Å². The second-order valence-electron chi connectivity index (χ2n) is 4.22. The van der Waals surface area contributed by atoms with Crippen LogP contribution in [0.1, 0.15) is 18.4 Å². The minimum Gasteiger partial charge on any atom is -0.315 e. The van der Waals surface area contributed by atoms with Gasteiger partial charge in [-0.1, -0.05) is 6.07 Å². The number of aromatic nitrogens is 1. The molecule has 15 heavy (non-hydrogen) atoms. The van der Waals surface area contributed by atoms with Gasteiger partial charge in [-0.05, 0) is 25.5 Å². The first kappa shape index (κ1) is 8.85. The molecule has 1 unspecified atom stereocenters. The number of pyridine rings is 1. The molecule has 3 heterocycles. The Balaban J connectivity index is 2.11. The number of hydrogen-bond donors (Lipinski definition) is 2. The summed E-state index contributed by atoms with van der Waals surface area (Å²) < 4.78 is 0. The number of nitrogens with one attached hydrogen (secondary N) is 2. The van der Waals surface area contributed by atoms with E-state index in [2.05, 4.69) is 15.6 Å². The zero-order valence-corrected chi connectivity index (χ0v) is 8.42. The van der Waals surface area contributed by atoms with Crippen LogP contribution in [0.15, 0.2) is 18.3 Å². The molecule has 1 amide bonds. The Labute approximate surface area is 88.1 Å². The van der Waals surface area contributed by atoms with E-state index in [-0.39, 0.29) is 11.3 Å². The van der Waals surface area contributed by atoms with Crippen LogP contribution in [0.2, 0.25) is 0 Å². The molecule has 0 saturated carbocycles. The highest BCUT2D eigenvalue weighted by molar-refractivity contribution is 6.05. The Morgan fingerprint density at radius 3 is 3.20 bits per heavy atom. The van der Waals surface area contributed by atoms with Gasteiger partial charge in [0.15, 0.2) is 0 Å². The van der Waals surface area contributed by atoms with Crippen LogP contribution in [0.3, 0.4) is 0 Å². The van der Waals surface area contributed by atoms with Crippen LogP contribution in [-0.2, 0) is 10.2 Å². The number of nitrogens with zero attached hydrogens (tertiary/aromatic N) is 1. The summed E-state index contributed by atoms with van der Waals surface area (Å²) in [6.07, 6.45) is 3.68. The van der Waals surface area contributed by atoms with Crippen LogP contribution in [0.5, 0.6) is 0 Å². The van der Waals surface area contributed by atoms with E-state index in [4.69, 9.17) is 0 Å². The van der Waals surface area contributed by atoms with Crippen molar-refractivity contribution in [1.82, 2.24) is 10.3 Å². The molecular formula is C11H13N3O. The Kier molecular flexibility index (Phi) is 1.79. The largest absolute Gasteiger partial charge is 0.315 e. The van der Waals surface area contributed by atoms with Crippen LogP contribution in [0, 0.1) is 0 Å². The van der Waals surface area contributed by atoms with Crippen LogP contribution >= 0.6 is 0 Å². The standard InChI is InChI=1S/C11H13N3O/c15-10-11(4-2-5-12-7-11)8-3-1-6-13-9(8)14-10/h1,3,6,12H,2,4-5,7H2,(H,13,14,15). The number of carbonyl (C=O) groups is 1. The first-order valence-electron chi connectivity index (χ1n) is 5.31. The van der Waals surface area contributed by atoms with Gasteiger partial charge in [0.05, 0.1) is 5.41 Å². The number of carbonyl (C=O) groups excluding carboxylic acids is 1. The van der Waals surface area contributed by atoms with Crippen LogP contribution < -0.4 is 10.6 Å². The Morgan fingerprint density at radius 2 is 2.40 bits per heavy atom. The van der Waals surface area contributed by atoms with Gasteiger partial charge in [-0.25, -0.2) is 4.98 Å². The number of rotatable bonds is 0. The minimum absolute atomic E-state index is 0.100. The Hall–Kier alpha value is -1.42. The van der Waals surface area contributed by atoms with Crippen LogP contribution in [-0.4, -0.2) is 24.0 Å². The molecule has 0 aromatic carbocycles. The maximum atomic E-state index is 12.0. The van der Waals surface area contributed by atoms with E-state index >= 15 is 0 Å². The third-order valence-corrected chi connectivity index (χ3v) is 3.37. The zero-order valence-electron chi connectivity index (χ0n) is 8.42. The molecule has 1 aromatic rings. The van der Waals surface area contributed by atoms with E-state index in [1.807, 2.05) is 12.1 Å². The lowest BCUT2D eigenvalue weighted by Crippen LogP contribution is -2.47. The van der Waals surface area contributed by atoms with Crippen molar-refractivity contribution in [2.75, 3.05) is 18.4 Å². The predicted molar refractivity (Wildman–Crippen MR) is 56.6 cm³/mol. The minimum atomic E-state index is -0.359. The van der Waals surface area contributed by atoms with E-state index in [9.17, 15) is 4.79 Å².